The number of rotatable bonds is 4. The maximum absolute atomic E-state index is 11.9. The SMILES string of the molecule is CCCN(C)C(=O)c1ccc(C(N)=S)cc1. The van der Waals surface area contributed by atoms with Gasteiger partial charge in [-0.3, -0.25) is 4.79 Å². The van der Waals surface area contributed by atoms with E-state index in [1.54, 1.807) is 36.2 Å². The van der Waals surface area contributed by atoms with Crippen LogP contribution < -0.4 is 5.73 Å². The standard InChI is InChI=1S/C12H16N2OS/c1-3-8-14(2)12(15)10-6-4-9(5-7-10)11(13)16/h4-7H,3,8H2,1-2H3,(H2,13,16). The second-order valence-corrected chi connectivity index (χ2v) is 4.11. The van der Waals surface area contributed by atoms with E-state index in [1.165, 1.54) is 0 Å². The van der Waals surface area contributed by atoms with Gasteiger partial charge < -0.3 is 10.6 Å². The normalized spacial score (nSPS) is 9.88. The fourth-order valence-electron chi connectivity index (χ4n) is 1.43. The van der Waals surface area contributed by atoms with Crippen molar-refractivity contribution in [2.75, 3.05) is 13.6 Å². The van der Waals surface area contributed by atoms with Crippen LogP contribution in [0.15, 0.2) is 24.3 Å². The Morgan fingerprint density at radius 1 is 1.31 bits per heavy atom. The summed E-state index contributed by atoms with van der Waals surface area (Å²) in [5.41, 5.74) is 6.93. The van der Waals surface area contributed by atoms with Crippen molar-refractivity contribution in [3.63, 3.8) is 0 Å². The largest absolute Gasteiger partial charge is 0.389 e. The van der Waals surface area contributed by atoms with Gasteiger partial charge in [-0.25, -0.2) is 0 Å². The van der Waals surface area contributed by atoms with E-state index < -0.39 is 0 Å². The summed E-state index contributed by atoms with van der Waals surface area (Å²) in [5.74, 6) is 0.0244. The van der Waals surface area contributed by atoms with E-state index in [0.717, 1.165) is 18.5 Å². The number of nitrogens with zero attached hydrogens (tertiary/aromatic N) is 1. The molecule has 1 aromatic carbocycles. The molecule has 0 aliphatic rings. The topological polar surface area (TPSA) is 46.3 Å². The zero-order valence-electron chi connectivity index (χ0n) is 9.56. The highest BCUT2D eigenvalue weighted by atomic mass is 32.1. The quantitative estimate of drug-likeness (QED) is 0.811. The maximum atomic E-state index is 11.9. The van der Waals surface area contributed by atoms with Gasteiger partial charge in [-0.15, -0.1) is 0 Å². The molecule has 0 bridgehead atoms. The van der Waals surface area contributed by atoms with Crippen LogP contribution in [0.1, 0.15) is 29.3 Å². The molecule has 1 aromatic rings. The van der Waals surface area contributed by atoms with Crippen molar-refractivity contribution in [1.29, 1.82) is 0 Å². The molecule has 16 heavy (non-hydrogen) atoms. The summed E-state index contributed by atoms with van der Waals surface area (Å²) in [5, 5.41) is 0. The maximum Gasteiger partial charge on any atom is 0.253 e. The lowest BCUT2D eigenvalue weighted by atomic mass is 10.1. The van der Waals surface area contributed by atoms with E-state index >= 15 is 0 Å². The van der Waals surface area contributed by atoms with Crippen LogP contribution in [0.2, 0.25) is 0 Å². The Hall–Kier alpha value is -1.42. The predicted octanol–water partition coefficient (Wildman–Crippen LogP) is 1.80. The molecule has 4 heteroatoms. The summed E-state index contributed by atoms with van der Waals surface area (Å²) in [4.78, 5) is 13.9. The van der Waals surface area contributed by atoms with Gasteiger partial charge in [0.15, 0.2) is 0 Å². The summed E-state index contributed by atoms with van der Waals surface area (Å²) in [6.07, 6.45) is 0.952. The average molecular weight is 236 g/mol. The molecule has 0 aromatic heterocycles. The molecular formula is C12H16N2OS. The summed E-state index contributed by atoms with van der Waals surface area (Å²) < 4.78 is 0. The zero-order valence-corrected chi connectivity index (χ0v) is 10.4. The van der Waals surface area contributed by atoms with E-state index in [1.807, 2.05) is 6.92 Å². The summed E-state index contributed by atoms with van der Waals surface area (Å²) in [6.45, 7) is 2.80. The highest BCUT2D eigenvalue weighted by molar-refractivity contribution is 7.80. The molecule has 86 valence electrons. The third kappa shape index (κ3) is 3.03. The minimum absolute atomic E-state index is 0.0244. The van der Waals surface area contributed by atoms with Crippen LogP contribution in [0.5, 0.6) is 0 Å². The Bertz CT molecular complexity index is 387. The molecule has 0 unspecified atom stereocenters. The van der Waals surface area contributed by atoms with Gasteiger partial charge in [0, 0.05) is 24.7 Å². The predicted molar refractivity (Wildman–Crippen MR) is 69.6 cm³/mol. The van der Waals surface area contributed by atoms with Gasteiger partial charge in [0.1, 0.15) is 4.99 Å². The van der Waals surface area contributed by atoms with Gasteiger partial charge in [0.05, 0.1) is 0 Å². The number of thiocarbonyl (C=S) groups is 1. The lowest BCUT2D eigenvalue weighted by molar-refractivity contribution is 0.0795. The minimum Gasteiger partial charge on any atom is -0.389 e. The number of carbonyl (C=O) groups excluding carboxylic acids is 1. The van der Waals surface area contributed by atoms with Gasteiger partial charge in [-0.05, 0) is 18.6 Å². The van der Waals surface area contributed by atoms with E-state index in [2.05, 4.69) is 0 Å². The molecule has 1 amide bonds. The Morgan fingerprint density at radius 3 is 2.25 bits per heavy atom. The van der Waals surface area contributed by atoms with Crippen molar-refractivity contribution in [3.05, 3.63) is 35.4 Å². The Kier molecular flexibility index (Phi) is 4.43. The van der Waals surface area contributed by atoms with Crippen LogP contribution in [0, 0.1) is 0 Å². The first kappa shape index (κ1) is 12.6. The van der Waals surface area contributed by atoms with Crippen molar-refractivity contribution in [3.8, 4) is 0 Å². The first-order chi connectivity index (χ1) is 7.56. The number of hydrogen-bond donors (Lipinski definition) is 1. The smallest absolute Gasteiger partial charge is 0.253 e. The molecule has 0 atom stereocenters. The highest BCUT2D eigenvalue weighted by Gasteiger charge is 2.10. The summed E-state index contributed by atoms with van der Waals surface area (Å²) in [6, 6.07) is 7.05. The molecule has 0 radical (unpaired) electrons. The zero-order chi connectivity index (χ0) is 12.1. The van der Waals surface area contributed by atoms with Crippen molar-refractivity contribution >= 4 is 23.1 Å². The van der Waals surface area contributed by atoms with Crippen LogP contribution >= 0.6 is 12.2 Å². The van der Waals surface area contributed by atoms with Crippen molar-refractivity contribution in [2.24, 2.45) is 5.73 Å². The molecule has 0 saturated carbocycles. The molecule has 3 nitrogen and oxygen atoms in total. The van der Waals surface area contributed by atoms with Crippen LogP contribution in [0.25, 0.3) is 0 Å². The second kappa shape index (κ2) is 5.61. The van der Waals surface area contributed by atoms with Gasteiger partial charge in [0.25, 0.3) is 5.91 Å². The lowest BCUT2D eigenvalue weighted by Gasteiger charge is -2.16. The molecule has 2 N–H and O–H groups in total. The van der Waals surface area contributed by atoms with Crippen molar-refractivity contribution in [2.45, 2.75) is 13.3 Å². The van der Waals surface area contributed by atoms with Crippen LogP contribution in [-0.4, -0.2) is 29.4 Å². The number of hydrogen-bond acceptors (Lipinski definition) is 2. The Balaban J connectivity index is 2.81. The highest BCUT2D eigenvalue weighted by Crippen LogP contribution is 2.07. The van der Waals surface area contributed by atoms with Gasteiger partial charge in [-0.1, -0.05) is 31.3 Å². The molecule has 0 aliphatic heterocycles. The van der Waals surface area contributed by atoms with E-state index in [0.29, 0.717) is 10.6 Å². The van der Waals surface area contributed by atoms with Crippen LogP contribution in [0.3, 0.4) is 0 Å². The fraction of sp³-hybridized carbons (Fsp3) is 0.333. The molecule has 0 fully saturated rings. The molecular weight excluding hydrogens is 220 g/mol. The fourth-order valence-corrected chi connectivity index (χ4v) is 1.57. The molecule has 0 spiro atoms. The molecule has 0 aliphatic carbocycles. The number of amides is 1. The van der Waals surface area contributed by atoms with Gasteiger partial charge in [0.2, 0.25) is 0 Å². The summed E-state index contributed by atoms with van der Waals surface area (Å²) in [7, 11) is 1.80. The minimum atomic E-state index is 0.0244. The van der Waals surface area contributed by atoms with E-state index in [9.17, 15) is 4.79 Å². The summed E-state index contributed by atoms with van der Waals surface area (Å²) >= 11 is 4.85. The second-order valence-electron chi connectivity index (χ2n) is 3.67. The van der Waals surface area contributed by atoms with Crippen LogP contribution in [-0.2, 0) is 0 Å². The van der Waals surface area contributed by atoms with Gasteiger partial charge in [-0.2, -0.15) is 0 Å². The van der Waals surface area contributed by atoms with Crippen LogP contribution in [0.4, 0.5) is 0 Å². The monoisotopic (exact) mass is 236 g/mol. The van der Waals surface area contributed by atoms with Crippen molar-refractivity contribution in [1.82, 2.24) is 4.90 Å². The number of benzene rings is 1. The van der Waals surface area contributed by atoms with E-state index in [4.69, 9.17) is 18.0 Å². The molecule has 1 rings (SSSR count). The third-order valence-electron chi connectivity index (χ3n) is 2.32. The molecule has 0 saturated heterocycles. The van der Waals surface area contributed by atoms with E-state index in [-0.39, 0.29) is 5.91 Å². The Labute approximate surface area is 101 Å². The first-order valence-corrected chi connectivity index (χ1v) is 5.62. The Morgan fingerprint density at radius 2 is 1.81 bits per heavy atom. The van der Waals surface area contributed by atoms with Crippen molar-refractivity contribution < 1.29 is 4.79 Å². The first-order valence-electron chi connectivity index (χ1n) is 5.21. The number of nitrogens with two attached hydrogens (primary N) is 1. The third-order valence-corrected chi connectivity index (χ3v) is 2.56. The molecule has 0 heterocycles. The van der Waals surface area contributed by atoms with Gasteiger partial charge >= 0.3 is 0 Å². The number of carbonyl (C=O) groups is 1. The lowest BCUT2D eigenvalue weighted by Crippen LogP contribution is -2.27. The average Bonchev–Trinajstić information content (AvgIpc) is 2.28.